The van der Waals surface area contributed by atoms with Crippen molar-refractivity contribution in [2.24, 2.45) is 0 Å². The van der Waals surface area contributed by atoms with Gasteiger partial charge in [0.15, 0.2) is 0 Å². The van der Waals surface area contributed by atoms with E-state index in [4.69, 9.17) is 9.47 Å². The topological polar surface area (TPSA) is 76.2 Å². The van der Waals surface area contributed by atoms with Crippen molar-refractivity contribution in [1.82, 2.24) is 9.80 Å². The number of piperidine rings is 1. The predicted octanol–water partition coefficient (Wildman–Crippen LogP) is 4.00. The SMILES string of the molecule is CCOC(=O)Cc1c(C)c(C)c2c(c1C)CC(=O)N(C1CCN(C(=O)OC(C)(C)C)CC1)C2. The summed E-state index contributed by atoms with van der Waals surface area (Å²) in [6.45, 7) is 15.7. The molecule has 0 N–H and O–H groups in total. The minimum absolute atomic E-state index is 0.114. The van der Waals surface area contributed by atoms with Crippen molar-refractivity contribution in [1.29, 1.82) is 0 Å². The molecule has 1 saturated heterocycles. The Morgan fingerprint density at radius 3 is 2.21 bits per heavy atom. The number of ether oxygens (including phenoxy) is 2. The highest BCUT2D eigenvalue weighted by Gasteiger charge is 2.35. The van der Waals surface area contributed by atoms with Crippen LogP contribution in [0.3, 0.4) is 0 Å². The molecule has 0 aromatic heterocycles. The van der Waals surface area contributed by atoms with Crippen molar-refractivity contribution in [3.05, 3.63) is 33.4 Å². The monoisotopic (exact) mass is 458 g/mol. The number of amides is 2. The summed E-state index contributed by atoms with van der Waals surface area (Å²) in [5.74, 6) is -0.116. The van der Waals surface area contributed by atoms with E-state index in [9.17, 15) is 14.4 Å². The highest BCUT2D eigenvalue weighted by atomic mass is 16.6. The van der Waals surface area contributed by atoms with E-state index in [1.807, 2.05) is 32.6 Å². The number of likely N-dealkylation sites (tertiary alicyclic amines) is 1. The van der Waals surface area contributed by atoms with Crippen molar-refractivity contribution >= 4 is 18.0 Å². The molecule has 2 heterocycles. The van der Waals surface area contributed by atoms with E-state index in [2.05, 4.69) is 13.8 Å². The third kappa shape index (κ3) is 5.50. The van der Waals surface area contributed by atoms with E-state index in [0.717, 1.165) is 40.7 Å². The summed E-state index contributed by atoms with van der Waals surface area (Å²) in [7, 11) is 0. The van der Waals surface area contributed by atoms with Crippen LogP contribution in [0.5, 0.6) is 0 Å². The molecule has 1 aromatic rings. The Hall–Kier alpha value is -2.57. The molecule has 2 aliphatic heterocycles. The van der Waals surface area contributed by atoms with E-state index in [1.165, 1.54) is 5.56 Å². The van der Waals surface area contributed by atoms with E-state index < -0.39 is 5.60 Å². The lowest BCUT2D eigenvalue weighted by molar-refractivity contribution is -0.142. The summed E-state index contributed by atoms with van der Waals surface area (Å²) < 4.78 is 10.7. The minimum atomic E-state index is -0.514. The van der Waals surface area contributed by atoms with Crippen molar-refractivity contribution < 1.29 is 23.9 Å². The largest absolute Gasteiger partial charge is 0.466 e. The zero-order valence-electron chi connectivity index (χ0n) is 21.2. The maximum absolute atomic E-state index is 13.2. The first-order valence-electron chi connectivity index (χ1n) is 12.0. The quantitative estimate of drug-likeness (QED) is 0.638. The lowest BCUT2D eigenvalue weighted by atomic mass is 9.83. The first kappa shape index (κ1) is 25.1. The molecule has 33 heavy (non-hydrogen) atoms. The number of carbonyl (C=O) groups is 3. The predicted molar refractivity (Wildman–Crippen MR) is 126 cm³/mol. The van der Waals surface area contributed by atoms with Gasteiger partial charge in [-0.2, -0.15) is 0 Å². The fourth-order valence-electron chi connectivity index (χ4n) is 4.97. The Bertz CT molecular complexity index is 939. The van der Waals surface area contributed by atoms with Gasteiger partial charge in [-0.15, -0.1) is 0 Å². The molecule has 1 fully saturated rings. The molecule has 2 aliphatic rings. The van der Waals surface area contributed by atoms with Gasteiger partial charge in [-0.1, -0.05) is 0 Å². The maximum atomic E-state index is 13.2. The molecule has 1 aromatic carbocycles. The third-order valence-corrected chi connectivity index (χ3v) is 6.90. The average Bonchev–Trinajstić information content (AvgIpc) is 2.74. The van der Waals surface area contributed by atoms with Crippen LogP contribution >= 0.6 is 0 Å². The Labute approximate surface area is 197 Å². The van der Waals surface area contributed by atoms with Crippen LogP contribution in [-0.2, 0) is 38.4 Å². The fraction of sp³-hybridized carbons (Fsp3) is 0.654. The van der Waals surface area contributed by atoms with E-state index in [-0.39, 0.29) is 30.4 Å². The summed E-state index contributed by atoms with van der Waals surface area (Å²) in [5, 5.41) is 0. The summed E-state index contributed by atoms with van der Waals surface area (Å²) in [4.78, 5) is 41.4. The van der Waals surface area contributed by atoms with Crippen molar-refractivity contribution in [2.75, 3.05) is 19.7 Å². The van der Waals surface area contributed by atoms with Gasteiger partial charge in [0.05, 0.1) is 19.4 Å². The smallest absolute Gasteiger partial charge is 0.410 e. The zero-order chi connectivity index (χ0) is 24.5. The van der Waals surface area contributed by atoms with Crippen molar-refractivity contribution in [3.63, 3.8) is 0 Å². The number of hydrogen-bond donors (Lipinski definition) is 0. The summed E-state index contributed by atoms with van der Waals surface area (Å²) >= 11 is 0. The number of carbonyl (C=O) groups excluding carboxylic acids is 3. The van der Waals surface area contributed by atoms with Gasteiger partial charge in [0.25, 0.3) is 0 Å². The maximum Gasteiger partial charge on any atom is 0.410 e. The summed E-state index contributed by atoms with van der Waals surface area (Å²) in [5.41, 5.74) is 6.02. The van der Waals surface area contributed by atoms with Crippen LogP contribution in [0.25, 0.3) is 0 Å². The first-order chi connectivity index (χ1) is 15.4. The number of fused-ring (bicyclic) bond motifs is 1. The number of rotatable bonds is 4. The lowest BCUT2D eigenvalue weighted by Gasteiger charge is -2.41. The summed E-state index contributed by atoms with van der Waals surface area (Å²) in [6.07, 6.45) is 1.80. The standard InChI is InChI=1S/C26H38N2O5/c1-8-32-24(30)14-20-16(2)17(3)22-15-28(23(29)13-21(22)18(20)4)19-9-11-27(12-10-19)25(31)33-26(5,6)7/h19H,8-15H2,1-7H3. The van der Waals surface area contributed by atoms with E-state index in [1.54, 1.807) is 11.8 Å². The van der Waals surface area contributed by atoms with Gasteiger partial charge < -0.3 is 19.3 Å². The molecule has 0 radical (unpaired) electrons. The van der Waals surface area contributed by atoms with Crippen molar-refractivity contribution in [3.8, 4) is 0 Å². The Morgan fingerprint density at radius 2 is 1.64 bits per heavy atom. The van der Waals surface area contributed by atoms with Gasteiger partial charge in [-0.25, -0.2) is 4.79 Å². The average molecular weight is 459 g/mol. The summed E-state index contributed by atoms with van der Waals surface area (Å²) in [6, 6.07) is 0.114. The van der Waals surface area contributed by atoms with Gasteiger partial charge in [0, 0.05) is 25.7 Å². The van der Waals surface area contributed by atoms with Crippen LogP contribution in [0, 0.1) is 20.8 Å². The van der Waals surface area contributed by atoms with Crippen molar-refractivity contribution in [2.45, 2.75) is 92.3 Å². The van der Waals surface area contributed by atoms with Crippen LogP contribution in [0.15, 0.2) is 0 Å². The number of esters is 1. The van der Waals surface area contributed by atoms with Gasteiger partial charge in [-0.05, 0) is 94.7 Å². The van der Waals surface area contributed by atoms with Crippen LogP contribution in [0.4, 0.5) is 4.79 Å². The van der Waals surface area contributed by atoms with Crippen LogP contribution in [-0.4, -0.2) is 59.1 Å². The fourth-order valence-corrected chi connectivity index (χ4v) is 4.97. The molecule has 0 aliphatic carbocycles. The molecule has 3 rings (SSSR count). The molecule has 2 amide bonds. The molecule has 0 saturated carbocycles. The van der Waals surface area contributed by atoms with Gasteiger partial charge in [-0.3, -0.25) is 9.59 Å². The van der Waals surface area contributed by atoms with Crippen LogP contribution < -0.4 is 0 Å². The lowest BCUT2D eigenvalue weighted by Crippen LogP contribution is -2.51. The highest BCUT2D eigenvalue weighted by Crippen LogP contribution is 2.34. The molecule has 182 valence electrons. The highest BCUT2D eigenvalue weighted by molar-refractivity contribution is 5.83. The second kappa shape index (κ2) is 9.74. The molecule has 0 atom stereocenters. The Kier molecular flexibility index (Phi) is 7.39. The third-order valence-electron chi connectivity index (χ3n) is 6.90. The first-order valence-corrected chi connectivity index (χ1v) is 12.0. The number of nitrogens with zero attached hydrogens (tertiary/aromatic N) is 2. The normalized spacial score (nSPS) is 17.1. The molecular weight excluding hydrogens is 420 g/mol. The molecule has 0 bridgehead atoms. The molecule has 0 unspecified atom stereocenters. The second-order valence-corrected chi connectivity index (χ2v) is 10.2. The van der Waals surface area contributed by atoms with E-state index in [0.29, 0.717) is 32.7 Å². The molecule has 0 spiro atoms. The van der Waals surface area contributed by atoms with E-state index >= 15 is 0 Å². The molecular formula is C26H38N2O5. The molecule has 7 heteroatoms. The van der Waals surface area contributed by atoms with Gasteiger partial charge in [0.2, 0.25) is 5.91 Å². The van der Waals surface area contributed by atoms with Gasteiger partial charge >= 0.3 is 12.1 Å². The minimum Gasteiger partial charge on any atom is -0.466 e. The second-order valence-electron chi connectivity index (χ2n) is 10.2. The zero-order valence-corrected chi connectivity index (χ0v) is 21.2. The molecule has 7 nitrogen and oxygen atoms in total. The number of hydrogen-bond acceptors (Lipinski definition) is 5. The Morgan fingerprint density at radius 1 is 1.00 bits per heavy atom. The van der Waals surface area contributed by atoms with Gasteiger partial charge in [0.1, 0.15) is 5.60 Å². The number of benzene rings is 1. The van der Waals surface area contributed by atoms with Crippen LogP contribution in [0.1, 0.15) is 73.9 Å². The van der Waals surface area contributed by atoms with Crippen LogP contribution in [0.2, 0.25) is 0 Å². The Balaban J connectivity index is 1.75.